The van der Waals surface area contributed by atoms with Gasteiger partial charge in [-0.15, -0.1) is 0 Å². The highest BCUT2D eigenvalue weighted by Crippen LogP contribution is 2.26. The van der Waals surface area contributed by atoms with Crippen LogP contribution in [0.15, 0.2) is 36.4 Å². The van der Waals surface area contributed by atoms with E-state index >= 15 is 0 Å². The number of ether oxygens (including phenoxy) is 1. The van der Waals surface area contributed by atoms with Crippen molar-refractivity contribution >= 4 is 0 Å². The van der Waals surface area contributed by atoms with Crippen molar-refractivity contribution in [1.82, 2.24) is 0 Å². The van der Waals surface area contributed by atoms with E-state index in [1.54, 1.807) is 6.07 Å². The molecule has 2 aromatic carbocycles. The molecule has 0 aliphatic heterocycles. The third-order valence-corrected chi connectivity index (χ3v) is 3.48. The molecule has 1 atom stereocenters. The molecule has 0 aromatic heterocycles. The molecule has 0 bridgehead atoms. The van der Waals surface area contributed by atoms with Gasteiger partial charge >= 0.3 is 0 Å². The summed E-state index contributed by atoms with van der Waals surface area (Å²) in [6.07, 6.45) is 0. The van der Waals surface area contributed by atoms with Crippen LogP contribution in [0.2, 0.25) is 0 Å². The minimum absolute atomic E-state index is 0.191. The first-order valence-corrected chi connectivity index (χ1v) is 6.72. The molecule has 0 fully saturated rings. The molecule has 106 valence electrons. The van der Waals surface area contributed by atoms with Crippen molar-refractivity contribution in [3.63, 3.8) is 0 Å². The lowest BCUT2D eigenvalue weighted by atomic mass is 10.0. The minimum Gasteiger partial charge on any atom is -0.488 e. The third-order valence-electron chi connectivity index (χ3n) is 3.48. The Morgan fingerprint density at radius 2 is 1.80 bits per heavy atom. The summed E-state index contributed by atoms with van der Waals surface area (Å²) < 4.78 is 19.2. The molecule has 0 aliphatic carbocycles. The number of nitrogens with two attached hydrogens (primary N) is 1. The molecular formula is C17H20FNO. The highest BCUT2D eigenvalue weighted by molar-refractivity contribution is 5.38. The van der Waals surface area contributed by atoms with Crippen molar-refractivity contribution in [2.75, 3.05) is 0 Å². The maximum atomic E-state index is 13.4. The maximum absolute atomic E-state index is 13.4. The van der Waals surface area contributed by atoms with Gasteiger partial charge in [0.25, 0.3) is 0 Å². The minimum atomic E-state index is -0.314. The smallest absolute Gasteiger partial charge is 0.127 e. The second-order valence-electron chi connectivity index (χ2n) is 5.13. The molecule has 2 N–H and O–H groups in total. The van der Waals surface area contributed by atoms with E-state index in [4.69, 9.17) is 10.5 Å². The number of aryl methyl sites for hydroxylation is 2. The highest BCUT2D eigenvalue weighted by atomic mass is 19.1. The second kappa shape index (κ2) is 6.06. The molecule has 0 heterocycles. The molecule has 0 spiro atoms. The van der Waals surface area contributed by atoms with E-state index in [1.165, 1.54) is 23.3 Å². The van der Waals surface area contributed by atoms with Gasteiger partial charge in [-0.25, -0.2) is 4.39 Å². The van der Waals surface area contributed by atoms with E-state index in [2.05, 4.69) is 0 Å². The standard InChI is InChI=1S/C17H20FNO/c1-11-5-4-6-12(2)16(11)10-20-17-9-14(18)7-8-15(17)13(3)19/h4-9,13H,10,19H2,1-3H3. The normalized spacial score (nSPS) is 12.2. The van der Waals surface area contributed by atoms with Gasteiger partial charge in [-0.3, -0.25) is 0 Å². The van der Waals surface area contributed by atoms with Crippen LogP contribution >= 0.6 is 0 Å². The first-order chi connectivity index (χ1) is 9.49. The van der Waals surface area contributed by atoms with Crippen LogP contribution in [0.25, 0.3) is 0 Å². The number of rotatable bonds is 4. The van der Waals surface area contributed by atoms with Gasteiger partial charge in [-0.2, -0.15) is 0 Å². The predicted octanol–water partition coefficient (Wildman–Crippen LogP) is 4.04. The lowest BCUT2D eigenvalue weighted by Gasteiger charge is -2.16. The second-order valence-corrected chi connectivity index (χ2v) is 5.13. The van der Waals surface area contributed by atoms with Gasteiger partial charge in [0.1, 0.15) is 18.2 Å². The third kappa shape index (κ3) is 3.17. The summed E-state index contributed by atoms with van der Waals surface area (Å²) in [5, 5.41) is 0. The zero-order valence-corrected chi connectivity index (χ0v) is 12.1. The van der Waals surface area contributed by atoms with Crippen LogP contribution in [0, 0.1) is 19.7 Å². The summed E-state index contributed by atoms with van der Waals surface area (Å²) in [5.74, 6) is 0.202. The molecule has 2 rings (SSSR count). The van der Waals surface area contributed by atoms with Crippen LogP contribution in [-0.4, -0.2) is 0 Å². The molecule has 2 aromatic rings. The van der Waals surface area contributed by atoms with Crippen LogP contribution in [0.5, 0.6) is 5.75 Å². The van der Waals surface area contributed by atoms with Crippen molar-refractivity contribution < 1.29 is 9.13 Å². The highest BCUT2D eigenvalue weighted by Gasteiger charge is 2.11. The average molecular weight is 273 g/mol. The van der Waals surface area contributed by atoms with Gasteiger partial charge in [-0.05, 0) is 43.5 Å². The summed E-state index contributed by atoms with van der Waals surface area (Å²) in [6, 6.07) is 10.4. The van der Waals surface area contributed by atoms with E-state index in [-0.39, 0.29) is 11.9 Å². The van der Waals surface area contributed by atoms with Gasteiger partial charge in [0.2, 0.25) is 0 Å². The molecule has 20 heavy (non-hydrogen) atoms. The molecular weight excluding hydrogens is 253 g/mol. The molecule has 2 nitrogen and oxygen atoms in total. The molecule has 0 amide bonds. The quantitative estimate of drug-likeness (QED) is 0.912. The van der Waals surface area contributed by atoms with Crippen LogP contribution in [0.1, 0.15) is 35.2 Å². The van der Waals surface area contributed by atoms with Crippen LogP contribution in [0.4, 0.5) is 4.39 Å². The van der Waals surface area contributed by atoms with Crippen molar-refractivity contribution in [3.8, 4) is 5.75 Å². The van der Waals surface area contributed by atoms with Crippen molar-refractivity contribution in [2.45, 2.75) is 33.4 Å². The topological polar surface area (TPSA) is 35.2 Å². The molecule has 1 unspecified atom stereocenters. The van der Waals surface area contributed by atoms with E-state index in [9.17, 15) is 4.39 Å². The Balaban J connectivity index is 2.25. The van der Waals surface area contributed by atoms with E-state index in [0.29, 0.717) is 12.4 Å². The summed E-state index contributed by atoms with van der Waals surface area (Å²) in [4.78, 5) is 0. The van der Waals surface area contributed by atoms with Crippen molar-refractivity contribution in [3.05, 3.63) is 64.5 Å². The zero-order valence-electron chi connectivity index (χ0n) is 12.1. The Hall–Kier alpha value is -1.87. The van der Waals surface area contributed by atoms with Gasteiger partial charge in [-0.1, -0.05) is 24.3 Å². The summed E-state index contributed by atoms with van der Waals surface area (Å²) in [6.45, 7) is 6.37. The Bertz CT molecular complexity index is 588. The van der Waals surface area contributed by atoms with Crippen LogP contribution in [-0.2, 0) is 6.61 Å². The Morgan fingerprint density at radius 3 is 2.40 bits per heavy atom. The first kappa shape index (κ1) is 14.5. The van der Waals surface area contributed by atoms with Gasteiger partial charge < -0.3 is 10.5 Å². The lowest BCUT2D eigenvalue weighted by Crippen LogP contribution is -2.09. The number of halogens is 1. The van der Waals surface area contributed by atoms with Crippen molar-refractivity contribution in [2.24, 2.45) is 5.73 Å². The largest absolute Gasteiger partial charge is 0.488 e. The Kier molecular flexibility index (Phi) is 4.40. The van der Waals surface area contributed by atoms with E-state index in [0.717, 1.165) is 11.1 Å². The lowest BCUT2D eigenvalue weighted by molar-refractivity contribution is 0.298. The SMILES string of the molecule is Cc1cccc(C)c1COc1cc(F)ccc1C(C)N. The predicted molar refractivity (Wildman–Crippen MR) is 79.3 cm³/mol. The fourth-order valence-electron chi connectivity index (χ4n) is 2.24. The Labute approximate surface area is 119 Å². The monoisotopic (exact) mass is 273 g/mol. The van der Waals surface area contributed by atoms with Crippen LogP contribution in [0.3, 0.4) is 0 Å². The molecule has 0 saturated heterocycles. The zero-order chi connectivity index (χ0) is 14.7. The van der Waals surface area contributed by atoms with Gasteiger partial charge in [0.05, 0.1) is 0 Å². The number of hydrogen-bond donors (Lipinski definition) is 1. The molecule has 0 saturated carbocycles. The van der Waals surface area contributed by atoms with Crippen LogP contribution < -0.4 is 10.5 Å². The molecule has 0 aliphatic rings. The average Bonchev–Trinajstić information content (AvgIpc) is 2.37. The van der Waals surface area contributed by atoms with Crippen molar-refractivity contribution in [1.29, 1.82) is 0 Å². The molecule has 0 radical (unpaired) electrons. The first-order valence-electron chi connectivity index (χ1n) is 6.72. The van der Waals surface area contributed by atoms with Gasteiger partial charge in [0.15, 0.2) is 0 Å². The fourth-order valence-corrected chi connectivity index (χ4v) is 2.24. The summed E-state index contributed by atoms with van der Waals surface area (Å²) in [7, 11) is 0. The summed E-state index contributed by atoms with van der Waals surface area (Å²) in [5.41, 5.74) is 10.2. The fraction of sp³-hybridized carbons (Fsp3) is 0.294. The van der Waals surface area contributed by atoms with E-state index in [1.807, 2.05) is 39.0 Å². The maximum Gasteiger partial charge on any atom is 0.127 e. The number of hydrogen-bond acceptors (Lipinski definition) is 2. The number of benzene rings is 2. The van der Waals surface area contributed by atoms with Gasteiger partial charge in [0, 0.05) is 17.7 Å². The Morgan fingerprint density at radius 1 is 1.15 bits per heavy atom. The molecule has 3 heteroatoms. The van der Waals surface area contributed by atoms with E-state index < -0.39 is 0 Å². The summed E-state index contributed by atoms with van der Waals surface area (Å²) >= 11 is 0.